The van der Waals surface area contributed by atoms with E-state index in [0.29, 0.717) is 12.4 Å². The lowest BCUT2D eigenvalue weighted by molar-refractivity contribution is -0.137. The molecule has 0 saturated heterocycles. The summed E-state index contributed by atoms with van der Waals surface area (Å²) >= 11 is 0. The van der Waals surface area contributed by atoms with Crippen LogP contribution in [0.3, 0.4) is 0 Å². The first kappa shape index (κ1) is 12.5. The molecule has 1 aromatic heterocycles. The molecule has 0 fully saturated rings. The Morgan fingerprint density at radius 1 is 1.69 bits per heavy atom. The summed E-state index contributed by atoms with van der Waals surface area (Å²) < 4.78 is 9.94. The maximum absolute atomic E-state index is 11.1. The molecule has 1 heterocycles. The lowest BCUT2D eigenvalue weighted by atomic mass is 10.0. The fraction of sp³-hybridized carbons (Fsp3) is 0.417. The smallest absolute Gasteiger partial charge is 0.330 e. The molecule has 0 aliphatic rings. The van der Waals surface area contributed by atoms with Crippen molar-refractivity contribution in [3.05, 3.63) is 36.3 Å². The fourth-order valence-electron chi connectivity index (χ4n) is 1.35. The van der Waals surface area contributed by atoms with Gasteiger partial charge in [0.05, 0.1) is 24.9 Å². The van der Waals surface area contributed by atoms with Crippen LogP contribution < -0.4 is 0 Å². The molecular formula is C12H16O4. The van der Waals surface area contributed by atoms with E-state index in [-0.39, 0.29) is 5.92 Å². The predicted octanol–water partition coefficient (Wildman–Crippen LogP) is 1.86. The summed E-state index contributed by atoms with van der Waals surface area (Å²) in [6.07, 6.45) is 3.80. The van der Waals surface area contributed by atoms with Gasteiger partial charge >= 0.3 is 5.97 Å². The largest absolute Gasteiger partial charge is 0.469 e. The van der Waals surface area contributed by atoms with E-state index in [4.69, 9.17) is 9.15 Å². The third-order valence-corrected chi connectivity index (χ3v) is 2.12. The number of aliphatic hydroxyl groups excluding tert-OH is 1. The summed E-state index contributed by atoms with van der Waals surface area (Å²) in [6.45, 7) is 3.72. The highest BCUT2D eigenvalue weighted by Crippen LogP contribution is 2.21. The maximum Gasteiger partial charge on any atom is 0.330 e. The Kier molecular flexibility index (Phi) is 4.79. The summed E-state index contributed by atoms with van der Waals surface area (Å²) in [7, 11) is 0. The van der Waals surface area contributed by atoms with Crippen LogP contribution in [0.4, 0.5) is 0 Å². The molecule has 0 spiro atoms. The molecule has 0 aliphatic heterocycles. The molecule has 0 radical (unpaired) electrons. The van der Waals surface area contributed by atoms with E-state index in [0.717, 1.165) is 0 Å². The summed E-state index contributed by atoms with van der Waals surface area (Å²) in [5.74, 6) is -0.130. The van der Waals surface area contributed by atoms with E-state index >= 15 is 0 Å². The first-order valence-corrected chi connectivity index (χ1v) is 5.21. The third kappa shape index (κ3) is 3.55. The normalized spacial score (nSPS) is 14.9. The molecule has 1 rings (SSSR count). The van der Waals surface area contributed by atoms with Gasteiger partial charge in [0.1, 0.15) is 5.76 Å². The van der Waals surface area contributed by atoms with Gasteiger partial charge in [0, 0.05) is 6.08 Å². The van der Waals surface area contributed by atoms with Crippen molar-refractivity contribution in [1.29, 1.82) is 0 Å². The number of carbonyl (C=O) groups is 1. The van der Waals surface area contributed by atoms with Crippen molar-refractivity contribution in [1.82, 2.24) is 0 Å². The molecule has 0 amide bonds. The van der Waals surface area contributed by atoms with Gasteiger partial charge in [0.15, 0.2) is 0 Å². The summed E-state index contributed by atoms with van der Waals surface area (Å²) in [5, 5.41) is 9.56. The highest BCUT2D eigenvalue weighted by atomic mass is 16.5. The van der Waals surface area contributed by atoms with E-state index in [1.54, 1.807) is 32.1 Å². The fourth-order valence-corrected chi connectivity index (χ4v) is 1.35. The summed E-state index contributed by atoms with van der Waals surface area (Å²) in [6, 6.07) is 3.50. The van der Waals surface area contributed by atoms with Crippen LogP contribution in [-0.4, -0.2) is 23.8 Å². The average Bonchev–Trinajstić information content (AvgIpc) is 2.71. The monoisotopic (exact) mass is 224 g/mol. The Morgan fingerprint density at radius 2 is 2.44 bits per heavy atom. The molecule has 0 saturated carbocycles. The number of ether oxygens (including phenoxy) is 1. The molecule has 16 heavy (non-hydrogen) atoms. The molecular weight excluding hydrogens is 208 g/mol. The van der Waals surface area contributed by atoms with Gasteiger partial charge in [-0.15, -0.1) is 0 Å². The molecule has 1 aromatic rings. The van der Waals surface area contributed by atoms with Crippen molar-refractivity contribution < 1.29 is 19.1 Å². The molecule has 4 nitrogen and oxygen atoms in total. The lowest BCUT2D eigenvalue weighted by Gasteiger charge is -2.12. The van der Waals surface area contributed by atoms with Gasteiger partial charge in [-0.25, -0.2) is 4.79 Å². The van der Waals surface area contributed by atoms with E-state index in [1.807, 2.05) is 0 Å². The maximum atomic E-state index is 11.1. The van der Waals surface area contributed by atoms with Crippen molar-refractivity contribution in [2.45, 2.75) is 25.9 Å². The van der Waals surface area contributed by atoms with Crippen molar-refractivity contribution in [2.75, 3.05) is 6.61 Å². The van der Waals surface area contributed by atoms with Gasteiger partial charge in [0.2, 0.25) is 0 Å². The van der Waals surface area contributed by atoms with E-state index in [9.17, 15) is 9.90 Å². The lowest BCUT2D eigenvalue weighted by Crippen LogP contribution is -2.12. The van der Waals surface area contributed by atoms with Gasteiger partial charge in [-0.1, -0.05) is 6.08 Å². The van der Waals surface area contributed by atoms with Gasteiger partial charge in [-0.05, 0) is 26.0 Å². The van der Waals surface area contributed by atoms with Crippen LogP contribution in [0.1, 0.15) is 25.5 Å². The molecule has 2 atom stereocenters. The molecule has 0 aromatic carbocycles. The van der Waals surface area contributed by atoms with Crippen molar-refractivity contribution >= 4 is 5.97 Å². The molecule has 0 bridgehead atoms. The van der Waals surface area contributed by atoms with Crippen LogP contribution in [0.5, 0.6) is 0 Å². The average molecular weight is 224 g/mol. The molecule has 88 valence electrons. The SMILES string of the molecule is CCOC(=O)/C=C/[C@H](c1ccco1)[C@@H](C)O. The second-order valence-electron chi connectivity index (χ2n) is 3.39. The van der Waals surface area contributed by atoms with E-state index in [2.05, 4.69) is 0 Å². The molecule has 0 unspecified atom stereocenters. The van der Waals surface area contributed by atoms with Gasteiger partial charge in [-0.2, -0.15) is 0 Å². The second kappa shape index (κ2) is 6.12. The second-order valence-corrected chi connectivity index (χ2v) is 3.39. The Balaban J connectivity index is 2.70. The highest BCUT2D eigenvalue weighted by molar-refractivity contribution is 5.82. The number of carbonyl (C=O) groups excluding carboxylic acids is 1. The van der Waals surface area contributed by atoms with Crippen LogP contribution in [0.25, 0.3) is 0 Å². The third-order valence-electron chi connectivity index (χ3n) is 2.12. The number of aliphatic hydroxyl groups is 1. The molecule has 0 aliphatic carbocycles. The van der Waals surface area contributed by atoms with E-state index in [1.165, 1.54) is 12.3 Å². The quantitative estimate of drug-likeness (QED) is 0.612. The van der Waals surface area contributed by atoms with Gasteiger partial charge < -0.3 is 14.3 Å². The number of hydrogen-bond donors (Lipinski definition) is 1. The van der Waals surface area contributed by atoms with Crippen molar-refractivity contribution in [2.24, 2.45) is 0 Å². The Hall–Kier alpha value is -1.55. The van der Waals surface area contributed by atoms with Gasteiger partial charge in [-0.3, -0.25) is 0 Å². The first-order chi connectivity index (χ1) is 7.65. The zero-order valence-electron chi connectivity index (χ0n) is 9.42. The van der Waals surface area contributed by atoms with Crippen molar-refractivity contribution in [3.8, 4) is 0 Å². The minimum atomic E-state index is -0.628. The Bertz CT molecular complexity index is 338. The minimum Gasteiger partial charge on any atom is -0.469 e. The van der Waals surface area contributed by atoms with Crippen molar-refractivity contribution in [3.63, 3.8) is 0 Å². The number of esters is 1. The first-order valence-electron chi connectivity index (χ1n) is 5.21. The van der Waals surface area contributed by atoms with Gasteiger partial charge in [0.25, 0.3) is 0 Å². The molecule has 1 N–H and O–H groups in total. The predicted molar refractivity (Wildman–Crippen MR) is 58.9 cm³/mol. The standard InChI is InChI=1S/C12H16O4/c1-3-15-12(14)7-6-10(9(2)13)11-5-4-8-16-11/h4-10,13H,3H2,1-2H3/b7-6+/t9-,10+/m1/s1. The zero-order chi connectivity index (χ0) is 12.0. The number of rotatable bonds is 5. The summed E-state index contributed by atoms with van der Waals surface area (Å²) in [4.78, 5) is 11.1. The highest BCUT2D eigenvalue weighted by Gasteiger charge is 2.17. The summed E-state index contributed by atoms with van der Waals surface area (Å²) in [5.41, 5.74) is 0. The Morgan fingerprint density at radius 3 is 2.94 bits per heavy atom. The molecule has 4 heteroatoms. The number of furan rings is 1. The van der Waals surface area contributed by atoms with Crippen LogP contribution >= 0.6 is 0 Å². The van der Waals surface area contributed by atoms with E-state index < -0.39 is 12.1 Å². The topological polar surface area (TPSA) is 59.7 Å². The minimum absolute atomic E-state index is 0.334. The van der Waals surface area contributed by atoms with Crippen LogP contribution in [-0.2, 0) is 9.53 Å². The Labute approximate surface area is 94.5 Å². The van der Waals surface area contributed by atoms with Crippen LogP contribution in [0.15, 0.2) is 35.0 Å². The van der Waals surface area contributed by atoms with Crippen LogP contribution in [0.2, 0.25) is 0 Å². The van der Waals surface area contributed by atoms with Crippen LogP contribution in [0, 0.1) is 0 Å². The number of hydrogen-bond acceptors (Lipinski definition) is 4. The zero-order valence-corrected chi connectivity index (χ0v) is 9.42.